The maximum atomic E-state index is 12.1. The fourth-order valence-corrected chi connectivity index (χ4v) is 2.62. The van der Waals surface area contributed by atoms with Gasteiger partial charge in [0, 0.05) is 6.20 Å². The van der Waals surface area contributed by atoms with Crippen LogP contribution < -0.4 is 5.56 Å². The van der Waals surface area contributed by atoms with Crippen LogP contribution in [0.3, 0.4) is 0 Å². The number of halogens is 1. The lowest BCUT2D eigenvalue weighted by atomic mass is 10.5. The number of nitrogens with one attached hydrogen (secondary N) is 1. The van der Waals surface area contributed by atoms with Crippen LogP contribution in [0.1, 0.15) is 0 Å². The van der Waals surface area contributed by atoms with Gasteiger partial charge in [-0.1, -0.05) is 17.5 Å². The second kappa shape index (κ2) is 5.69. The molecule has 1 rings (SSSR count). The Bertz CT molecular complexity index is 666. The average molecular weight is 286 g/mol. The summed E-state index contributed by atoms with van der Waals surface area (Å²) in [4.78, 5) is 13.0. The highest BCUT2D eigenvalue weighted by Crippen LogP contribution is 2.15. The first kappa shape index (κ1) is 14.3. The fourth-order valence-electron chi connectivity index (χ4n) is 1.14. The Kier molecular flexibility index (Phi) is 4.51. The minimum atomic E-state index is -3.95. The predicted octanol–water partition coefficient (Wildman–Crippen LogP) is 0.176. The lowest BCUT2D eigenvalue weighted by molar-refractivity contribution is 0.480. The van der Waals surface area contributed by atoms with Crippen LogP contribution in [0.5, 0.6) is 0 Å². The zero-order valence-corrected chi connectivity index (χ0v) is 10.6. The van der Waals surface area contributed by atoms with Gasteiger partial charge < -0.3 is 4.98 Å². The van der Waals surface area contributed by atoms with E-state index in [1.807, 2.05) is 0 Å². The van der Waals surface area contributed by atoms with Crippen molar-refractivity contribution in [3.8, 4) is 18.4 Å². The molecule has 0 atom stereocenters. The number of rotatable bonds is 4. The van der Waals surface area contributed by atoms with Crippen LogP contribution in [-0.2, 0) is 10.0 Å². The van der Waals surface area contributed by atoms with E-state index in [1.54, 1.807) is 6.07 Å². The molecule has 0 aliphatic rings. The van der Waals surface area contributed by atoms with Gasteiger partial charge >= 0.3 is 0 Å². The van der Waals surface area contributed by atoms with Crippen LogP contribution in [0.4, 0.5) is 0 Å². The van der Waals surface area contributed by atoms with Crippen molar-refractivity contribution in [3.63, 3.8) is 0 Å². The molecule has 0 unspecified atom stereocenters. The predicted molar refractivity (Wildman–Crippen MR) is 65.3 cm³/mol. The number of nitriles is 1. The molecular formula is C10H8ClN3O3S. The molecule has 0 aliphatic heterocycles. The number of pyridine rings is 1. The van der Waals surface area contributed by atoms with Crippen molar-refractivity contribution in [2.24, 2.45) is 0 Å². The summed E-state index contributed by atoms with van der Waals surface area (Å²) in [5.41, 5.74) is -0.598. The van der Waals surface area contributed by atoms with E-state index in [4.69, 9.17) is 23.3 Å². The first-order valence-corrected chi connectivity index (χ1v) is 6.44. The van der Waals surface area contributed by atoms with Crippen molar-refractivity contribution in [1.82, 2.24) is 9.29 Å². The smallest absolute Gasteiger partial charge is 0.266 e. The largest absolute Gasteiger partial charge is 0.326 e. The number of nitrogens with zero attached hydrogens (tertiary/aromatic N) is 2. The number of hydrogen-bond donors (Lipinski definition) is 1. The Balaban J connectivity index is 3.27. The van der Waals surface area contributed by atoms with E-state index in [-0.39, 0.29) is 23.0 Å². The van der Waals surface area contributed by atoms with Gasteiger partial charge in [-0.2, -0.15) is 9.57 Å². The third-order valence-electron chi connectivity index (χ3n) is 1.98. The van der Waals surface area contributed by atoms with Gasteiger partial charge in [0.05, 0.1) is 12.6 Å². The molecular weight excluding hydrogens is 278 g/mol. The van der Waals surface area contributed by atoms with Gasteiger partial charge in [0.1, 0.15) is 16.5 Å². The minimum absolute atomic E-state index is 0.224. The van der Waals surface area contributed by atoms with Crippen molar-refractivity contribution in [3.05, 3.63) is 27.6 Å². The zero-order chi connectivity index (χ0) is 13.8. The molecule has 0 aromatic carbocycles. The summed E-state index contributed by atoms with van der Waals surface area (Å²) < 4.78 is 25.0. The van der Waals surface area contributed by atoms with Crippen LogP contribution in [0.25, 0.3) is 0 Å². The fraction of sp³-hybridized carbons (Fsp3) is 0.200. The maximum absolute atomic E-state index is 12.1. The SMILES string of the molecule is C#CCN(CC#N)S(=O)(=O)c1c[nH]c(=O)c(Cl)c1. The molecule has 1 N–H and O–H groups in total. The van der Waals surface area contributed by atoms with Crippen molar-refractivity contribution in [1.29, 1.82) is 5.26 Å². The van der Waals surface area contributed by atoms with Crippen molar-refractivity contribution < 1.29 is 8.42 Å². The molecule has 0 spiro atoms. The van der Waals surface area contributed by atoms with Gasteiger partial charge in [-0.15, -0.1) is 6.42 Å². The number of sulfonamides is 1. The van der Waals surface area contributed by atoms with Crippen molar-refractivity contribution >= 4 is 21.6 Å². The van der Waals surface area contributed by atoms with Gasteiger partial charge in [-0.05, 0) is 6.07 Å². The second-order valence-electron chi connectivity index (χ2n) is 3.15. The minimum Gasteiger partial charge on any atom is -0.326 e. The molecule has 0 radical (unpaired) electrons. The quantitative estimate of drug-likeness (QED) is 0.630. The van der Waals surface area contributed by atoms with E-state index in [9.17, 15) is 13.2 Å². The van der Waals surface area contributed by atoms with E-state index in [0.717, 1.165) is 16.6 Å². The maximum Gasteiger partial charge on any atom is 0.266 e. The summed E-state index contributed by atoms with van der Waals surface area (Å²) in [6.07, 6.45) is 6.04. The number of aromatic nitrogens is 1. The van der Waals surface area contributed by atoms with Crippen LogP contribution in [-0.4, -0.2) is 30.8 Å². The molecule has 6 nitrogen and oxygen atoms in total. The lowest BCUT2D eigenvalue weighted by Gasteiger charge is -2.16. The van der Waals surface area contributed by atoms with Crippen LogP contribution in [0.2, 0.25) is 5.02 Å². The number of hydrogen-bond acceptors (Lipinski definition) is 4. The summed E-state index contributed by atoms with van der Waals surface area (Å²) in [5, 5.41) is 8.31. The molecule has 1 aromatic heterocycles. The Morgan fingerprint density at radius 3 is 2.67 bits per heavy atom. The highest BCUT2D eigenvalue weighted by molar-refractivity contribution is 7.89. The zero-order valence-electron chi connectivity index (χ0n) is 9.05. The molecule has 1 heterocycles. The molecule has 0 amide bonds. The summed E-state index contributed by atoms with van der Waals surface area (Å²) in [5.74, 6) is 2.15. The van der Waals surface area contributed by atoms with Gasteiger partial charge in [0.25, 0.3) is 5.56 Å². The molecule has 0 saturated carbocycles. The molecule has 8 heteroatoms. The van der Waals surface area contributed by atoms with Gasteiger partial charge in [-0.3, -0.25) is 4.79 Å². The van der Waals surface area contributed by atoms with E-state index < -0.39 is 15.6 Å². The molecule has 1 aromatic rings. The third-order valence-corrected chi connectivity index (χ3v) is 4.03. The van der Waals surface area contributed by atoms with E-state index in [2.05, 4.69) is 10.9 Å². The van der Waals surface area contributed by atoms with Crippen molar-refractivity contribution in [2.45, 2.75) is 4.90 Å². The Labute approximate surface area is 109 Å². The van der Waals surface area contributed by atoms with Gasteiger partial charge in [0.15, 0.2) is 0 Å². The molecule has 94 valence electrons. The van der Waals surface area contributed by atoms with Crippen molar-refractivity contribution in [2.75, 3.05) is 13.1 Å². The summed E-state index contributed by atoms with van der Waals surface area (Å²) >= 11 is 5.55. The Morgan fingerprint density at radius 1 is 1.50 bits per heavy atom. The lowest BCUT2D eigenvalue weighted by Crippen LogP contribution is -2.32. The molecule has 0 aliphatic carbocycles. The monoisotopic (exact) mass is 285 g/mol. The Morgan fingerprint density at radius 2 is 2.17 bits per heavy atom. The highest BCUT2D eigenvalue weighted by atomic mass is 35.5. The molecule has 0 bridgehead atoms. The number of H-pyrrole nitrogens is 1. The normalized spacial score (nSPS) is 10.9. The number of terminal acetylenes is 1. The standard InChI is InChI=1S/C10H8ClN3O3S/c1-2-4-14(5-3-12)18(16,17)8-6-9(11)10(15)13-7-8/h1,6-7H,4-5H2,(H,13,15). The summed E-state index contributed by atoms with van der Waals surface area (Å²) in [7, 11) is -3.95. The third kappa shape index (κ3) is 2.90. The van der Waals surface area contributed by atoms with E-state index >= 15 is 0 Å². The summed E-state index contributed by atoms with van der Waals surface area (Å²) in [6, 6.07) is 2.71. The topological polar surface area (TPSA) is 94.0 Å². The molecule has 0 saturated heterocycles. The van der Waals surface area contributed by atoms with Gasteiger partial charge in [0.2, 0.25) is 10.0 Å². The average Bonchev–Trinajstić information content (AvgIpc) is 2.32. The van der Waals surface area contributed by atoms with Gasteiger partial charge in [-0.25, -0.2) is 8.42 Å². The van der Waals surface area contributed by atoms with E-state index in [1.165, 1.54) is 0 Å². The highest BCUT2D eigenvalue weighted by Gasteiger charge is 2.24. The van der Waals surface area contributed by atoms with Crippen LogP contribution in [0, 0.1) is 23.7 Å². The second-order valence-corrected chi connectivity index (χ2v) is 5.49. The first-order valence-electron chi connectivity index (χ1n) is 4.62. The van der Waals surface area contributed by atoms with E-state index in [0.29, 0.717) is 0 Å². The molecule has 18 heavy (non-hydrogen) atoms. The Hall–Kier alpha value is -1.80. The summed E-state index contributed by atoms with van der Waals surface area (Å²) in [6.45, 7) is -0.629. The molecule has 0 fully saturated rings. The van der Waals surface area contributed by atoms with Crippen LogP contribution in [0.15, 0.2) is 22.0 Å². The van der Waals surface area contributed by atoms with Crippen LogP contribution >= 0.6 is 11.6 Å². The first-order chi connectivity index (χ1) is 8.43. The number of aromatic amines is 1.